The number of aliphatic hydroxyl groups excluding tert-OH is 2. The monoisotopic (exact) mass is 810 g/mol. The van der Waals surface area contributed by atoms with E-state index in [1.165, 1.54) is 34.4 Å². The Labute approximate surface area is 338 Å². The molecule has 2 aromatic heterocycles. The highest BCUT2D eigenvalue weighted by atomic mass is 16.8. The lowest BCUT2D eigenvalue weighted by atomic mass is 9.43. The highest BCUT2D eigenvalue weighted by Crippen LogP contribution is 2.68. The zero-order valence-corrected chi connectivity index (χ0v) is 34.7. The van der Waals surface area contributed by atoms with Crippen LogP contribution in [-0.2, 0) is 41.7 Å². The molecule has 8 rings (SSSR count). The van der Waals surface area contributed by atoms with Gasteiger partial charge < -0.3 is 34.5 Å². The van der Waals surface area contributed by atoms with Gasteiger partial charge in [0.2, 0.25) is 5.91 Å². The molecule has 4 N–H and O–H groups in total. The van der Waals surface area contributed by atoms with Gasteiger partial charge >= 0.3 is 11.7 Å². The lowest BCUT2D eigenvalue weighted by Crippen LogP contribution is -2.58. The highest BCUT2D eigenvalue weighted by Gasteiger charge is 2.64. The van der Waals surface area contributed by atoms with E-state index in [4.69, 9.17) is 18.9 Å². The van der Waals surface area contributed by atoms with Crippen LogP contribution in [-0.4, -0.2) is 89.0 Å². The fourth-order valence-corrected chi connectivity index (χ4v) is 12.7. The van der Waals surface area contributed by atoms with Crippen LogP contribution in [0.5, 0.6) is 0 Å². The lowest BCUT2D eigenvalue weighted by Gasteiger charge is -2.62. The van der Waals surface area contributed by atoms with Crippen molar-refractivity contribution in [1.82, 2.24) is 29.9 Å². The first-order valence-corrected chi connectivity index (χ1v) is 21.5. The molecule has 16 nitrogen and oxygen atoms in total. The van der Waals surface area contributed by atoms with Gasteiger partial charge in [-0.05, 0) is 125 Å². The number of aromatic nitrogens is 5. The van der Waals surface area contributed by atoms with E-state index in [0.29, 0.717) is 41.7 Å². The van der Waals surface area contributed by atoms with Gasteiger partial charge in [-0.15, -0.1) is 5.10 Å². The lowest BCUT2D eigenvalue weighted by molar-refractivity contribution is -0.198. The van der Waals surface area contributed by atoms with Crippen molar-refractivity contribution >= 4 is 11.9 Å². The standard InChI is InChI=1S/C42H62N6O10/c1-22(28-10-11-29-27-9-8-24-17-26(49)13-15-41(24,5)30(27)18-32(50)42(28,29)6)7-12-33(51)43-23(2)38(53)55-21-25-19-47(46-45-25)20-31-35-36(58-40(3,4)57-35)37(56-31)48-16-14-34(52)44-39(48)54/h14,16,19,22-24,26-32,35-37,49-50H,7-13,15,17-18,20-21H2,1-6H3,(H,43,51)(H,44,52,54)/t22?,23-,24?,26+,27?,28+,29?,30?,31?,32-,35+,36+,37?,41-,42+/m0/s1. The van der Waals surface area contributed by atoms with Crippen LogP contribution in [0.2, 0.25) is 0 Å². The maximum absolute atomic E-state index is 13.1. The molecule has 2 aromatic rings. The van der Waals surface area contributed by atoms with Crippen molar-refractivity contribution < 1.29 is 38.7 Å². The number of esters is 1. The van der Waals surface area contributed by atoms with Crippen molar-refractivity contribution in [3.63, 3.8) is 0 Å². The molecule has 2 saturated heterocycles. The van der Waals surface area contributed by atoms with E-state index in [1.807, 2.05) is 0 Å². The molecule has 0 bridgehead atoms. The normalized spacial score (nSPS) is 39.8. The molecule has 0 aromatic carbocycles. The first-order valence-electron chi connectivity index (χ1n) is 21.5. The summed E-state index contributed by atoms with van der Waals surface area (Å²) >= 11 is 0. The highest BCUT2D eigenvalue weighted by molar-refractivity contribution is 5.84. The molecule has 15 atom stereocenters. The Morgan fingerprint density at radius 2 is 1.81 bits per heavy atom. The van der Waals surface area contributed by atoms with Gasteiger partial charge in [0.25, 0.3) is 5.56 Å². The summed E-state index contributed by atoms with van der Waals surface area (Å²) in [7, 11) is 0. The molecule has 6 aliphatic rings. The van der Waals surface area contributed by atoms with E-state index in [-0.39, 0.29) is 54.4 Å². The van der Waals surface area contributed by atoms with Crippen LogP contribution < -0.4 is 16.6 Å². The maximum Gasteiger partial charge on any atom is 0.330 e. The fourth-order valence-electron chi connectivity index (χ4n) is 12.7. The van der Waals surface area contributed by atoms with Crippen molar-refractivity contribution in [1.29, 1.82) is 0 Å². The Morgan fingerprint density at radius 3 is 2.59 bits per heavy atom. The Bertz CT molecular complexity index is 1960. The van der Waals surface area contributed by atoms with Crippen LogP contribution in [0.25, 0.3) is 0 Å². The van der Waals surface area contributed by atoms with Gasteiger partial charge in [-0.1, -0.05) is 26.0 Å². The Morgan fingerprint density at radius 1 is 1.03 bits per heavy atom. The zero-order valence-electron chi connectivity index (χ0n) is 34.7. The average Bonchev–Trinajstić information content (AvgIpc) is 3.93. The van der Waals surface area contributed by atoms with E-state index >= 15 is 0 Å². The van der Waals surface area contributed by atoms with E-state index < -0.39 is 53.6 Å². The van der Waals surface area contributed by atoms with Gasteiger partial charge in [-0.25, -0.2) is 14.3 Å². The number of aliphatic hydroxyl groups is 2. The number of amides is 1. The molecule has 58 heavy (non-hydrogen) atoms. The number of ether oxygens (including phenoxy) is 4. The van der Waals surface area contributed by atoms with E-state index in [0.717, 1.165) is 38.5 Å². The number of fused-ring (bicyclic) bond motifs is 6. The summed E-state index contributed by atoms with van der Waals surface area (Å²) in [5.74, 6) is 0.971. The molecule has 320 valence electrons. The topological polar surface area (TPSA) is 209 Å². The second-order valence-corrected chi connectivity index (χ2v) is 19.4. The minimum Gasteiger partial charge on any atom is -0.458 e. The average molecular weight is 811 g/mol. The van der Waals surface area contributed by atoms with Crippen molar-refractivity contribution in [2.24, 2.45) is 46.3 Å². The van der Waals surface area contributed by atoms with Crippen LogP contribution in [0, 0.1) is 46.3 Å². The summed E-state index contributed by atoms with van der Waals surface area (Å²) in [6.07, 6.45) is 9.00. The molecule has 4 saturated carbocycles. The molecular formula is C42H62N6O10. The third-order valence-corrected chi connectivity index (χ3v) is 15.6. The number of carbonyl (C=O) groups is 2. The van der Waals surface area contributed by atoms with Gasteiger partial charge in [0.15, 0.2) is 12.0 Å². The third kappa shape index (κ3) is 7.49. The molecule has 4 heterocycles. The molecule has 4 aliphatic carbocycles. The largest absolute Gasteiger partial charge is 0.458 e. The first-order chi connectivity index (χ1) is 27.5. The molecule has 1 amide bonds. The van der Waals surface area contributed by atoms with Crippen LogP contribution in [0.4, 0.5) is 0 Å². The van der Waals surface area contributed by atoms with Crippen molar-refractivity contribution in [3.05, 3.63) is 45.0 Å². The molecular weight excluding hydrogens is 748 g/mol. The maximum atomic E-state index is 13.1. The number of aromatic amines is 1. The molecule has 0 radical (unpaired) electrons. The minimum absolute atomic E-state index is 0.150. The second-order valence-electron chi connectivity index (χ2n) is 19.4. The molecule has 0 spiro atoms. The zero-order chi connectivity index (χ0) is 41.3. The molecule has 7 unspecified atom stereocenters. The summed E-state index contributed by atoms with van der Waals surface area (Å²) in [6, 6.07) is 0.379. The summed E-state index contributed by atoms with van der Waals surface area (Å²) in [4.78, 5) is 52.5. The summed E-state index contributed by atoms with van der Waals surface area (Å²) in [6.45, 7) is 12.2. The quantitative estimate of drug-likeness (QED) is 0.241. The molecule has 6 fully saturated rings. The summed E-state index contributed by atoms with van der Waals surface area (Å²) in [5.41, 5.74) is -0.732. The third-order valence-electron chi connectivity index (χ3n) is 15.6. The Balaban J connectivity index is 0.802. The summed E-state index contributed by atoms with van der Waals surface area (Å²) in [5, 5.41) is 33.4. The van der Waals surface area contributed by atoms with E-state index in [9.17, 15) is 29.4 Å². The van der Waals surface area contributed by atoms with Gasteiger partial charge in [0.05, 0.1) is 24.9 Å². The van der Waals surface area contributed by atoms with Crippen LogP contribution >= 0.6 is 0 Å². The van der Waals surface area contributed by atoms with Crippen LogP contribution in [0.1, 0.15) is 118 Å². The fraction of sp³-hybridized carbons (Fsp3) is 0.810. The van der Waals surface area contributed by atoms with Crippen molar-refractivity contribution in [2.75, 3.05) is 0 Å². The van der Waals surface area contributed by atoms with Gasteiger partial charge in [0.1, 0.15) is 36.7 Å². The number of nitrogens with one attached hydrogen (secondary N) is 2. The van der Waals surface area contributed by atoms with Crippen LogP contribution in [0.3, 0.4) is 0 Å². The van der Waals surface area contributed by atoms with E-state index in [2.05, 4.69) is 41.4 Å². The first kappa shape index (κ1) is 41.3. The molecule has 16 heteroatoms. The van der Waals surface area contributed by atoms with Crippen molar-refractivity contribution in [3.8, 4) is 0 Å². The van der Waals surface area contributed by atoms with Gasteiger partial charge in [0, 0.05) is 18.7 Å². The van der Waals surface area contributed by atoms with Gasteiger partial charge in [-0.2, -0.15) is 0 Å². The number of H-pyrrole nitrogens is 1. The summed E-state index contributed by atoms with van der Waals surface area (Å²) < 4.78 is 26.7. The number of hydrogen-bond donors (Lipinski definition) is 4. The van der Waals surface area contributed by atoms with E-state index in [1.54, 1.807) is 27.0 Å². The number of nitrogens with zero attached hydrogens (tertiary/aromatic N) is 4. The van der Waals surface area contributed by atoms with Crippen molar-refractivity contribution in [2.45, 2.75) is 167 Å². The predicted octanol–water partition coefficient (Wildman–Crippen LogP) is 3.20. The predicted molar refractivity (Wildman–Crippen MR) is 207 cm³/mol. The number of rotatable bonds is 11. The Hall–Kier alpha value is -3.44. The van der Waals surface area contributed by atoms with Gasteiger partial charge in [-0.3, -0.25) is 19.1 Å². The minimum atomic E-state index is -0.922. The SMILES string of the molecule is CC(CCC(=O)N[C@@H](C)C(=O)OCc1cn(CC2OC(n3ccc(=O)[nH]c3=O)[C@@H]3OC(C)(C)O[C@H]23)nn1)[C@H]1CCC2C3CCC4C[C@H](O)CC[C@]4(C)C3C[C@H](O)[C@@]21C. The number of carbonyl (C=O) groups excluding carboxylic acids is 2. The number of hydrogen-bond acceptors (Lipinski definition) is 12. The molecule has 2 aliphatic heterocycles. The Kier molecular flexibility index (Phi) is 11.1. The second kappa shape index (κ2) is 15.5. The van der Waals surface area contributed by atoms with Crippen LogP contribution in [0.15, 0.2) is 28.0 Å². The smallest absolute Gasteiger partial charge is 0.330 e.